The number of alkyl halides is 4. The lowest BCUT2D eigenvalue weighted by atomic mass is 10.1. The van der Waals surface area contributed by atoms with E-state index in [0.29, 0.717) is 5.56 Å². The molecule has 0 saturated carbocycles. The van der Waals surface area contributed by atoms with Crippen LogP contribution in [0.2, 0.25) is 0 Å². The molecule has 0 amide bonds. The molecule has 8 heteroatoms. The number of aromatic nitrogens is 1. The zero-order chi connectivity index (χ0) is 18.6. The normalized spacial score (nSPS) is 12.8. The second kappa shape index (κ2) is 7.93. The number of anilines is 2. The summed E-state index contributed by atoms with van der Waals surface area (Å²) < 4.78 is 39.3. The number of pyridine rings is 1. The molecule has 0 radical (unpaired) electrons. The lowest BCUT2D eigenvalue weighted by Crippen LogP contribution is -2.20. The maximum absolute atomic E-state index is 13.1. The second-order valence-corrected chi connectivity index (χ2v) is 6.07. The van der Waals surface area contributed by atoms with Crippen LogP contribution in [-0.4, -0.2) is 42.7 Å². The summed E-state index contributed by atoms with van der Waals surface area (Å²) in [6.07, 6.45) is -5.11. The smallest absolute Gasteiger partial charge is 0.390 e. The molecule has 0 aliphatic carbocycles. The molecule has 0 spiro atoms. The molecule has 1 heterocycles. The van der Waals surface area contributed by atoms with Crippen LogP contribution in [0.3, 0.4) is 0 Å². The van der Waals surface area contributed by atoms with E-state index in [-0.39, 0.29) is 23.9 Å². The van der Waals surface area contributed by atoms with E-state index in [4.69, 9.17) is 11.6 Å². The van der Waals surface area contributed by atoms with Crippen LogP contribution < -0.4 is 10.2 Å². The summed E-state index contributed by atoms with van der Waals surface area (Å²) in [5.41, 5.74) is 0.796. The summed E-state index contributed by atoms with van der Waals surface area (Å²) in [5.74, 6) is 0.351. The Morgan fingerprint density at radius 1 is 1.20 bits per heavy atom. The van der Waals surface area contributed by atoms with Crippen molar-refractivity contribution < 1.29 is 18.3 Å². The van der Waals surface area contributed by atoms with E-state index >= 15 is 0 Å². The molecule has 25 heavy (non-hydrogen) atoms. The standard InChI is InChI=1S/C17H19ClF3N3O/c1-24(2)16-8-12(17(19,20)21)7-15(23-16)11-3-5-13(6-4-11)22-10-14(25)9-18/h3-8,14,22,25H,9-10H2,1-2H3. The number of nitrogens with one attached hydrogen (secondary N) is 1. The van der Waals surface area contributed by atoms with Gasteiger partial charge in [0.05, 0.1) is 23.2 Å². The molecule has 0 aliphatic heterocycles. The van der Waals surface area contributed by atoms with Crippen molar-refractivity contribution in [2.75, 3.05) is 36.7 Å². The first kappa shape index (κ1) is 19.3. The average Bonchev–Trinajstić information content (AvgIpc) is 2.58. The molecule has 2 N–H and O–H groups in total. The van der Waals surface area contributed by atoms with Crippen LogP contribution in [0.25, 0.3) is 11.3 Å². The largest absolute Gasteiger partial charge is 0.416 e. The first-order valence-corrected chi connectivity index (χ1v) is 8.09. The van der Waals surface area contributed by atoms with E-state index in [1.807, 2.05) is 0 Å². The molecule has 0 bridgehead atoms. The van der Waals surface area contributed by atoms with Crippen LogP contribution in [0.15, 0.2) is 36.4 Å². The summed E-state index contributed by atoms with van der Waals surface area (Å²) in [6, 6.07) is 8.84. The van der Waals surface area contributed by atoms with Crippen LogP contribution in [0.5, 0.6) is 0 Å². The molecular formula is C17H19ClF3N3O. The molecule has 1 aromatic carbocycles. The topological polar surface area (TPSA) is 48.4 Å². The second-order valence-electron chi connectivity index (χ2n) is 5.76. The highest BCUT2D eigenvalue weighted by molar-refractivity contribution is 6.18. The van der Waals surface area contributed by atoms with Gasteiger partial charge >= 0.3 is 6.18 Å². The van der Waals surface area contributed by atoms with Crippen LogP contribution in [0.4, 0.5) is 24.7 Å². The molecule has 1 aromatic heterocycles. The summed E-state index contributed by atoms with van der Waals surface area (Å²) in [6.45, 7) is 0.287. The fourth-order valence-electron chi connectivity index (χ4n) is 2.11. The lowest BCUT2D eigenvalue weighted by molar-refractivity contribution is -0.137. The molecular weight excluding hydrogens is 355 g/mol. The number of nitrogens with zero attached hydrogens (tertiary/aromatic N) is 2. The number of benzene rings is 1. The summed E-state index contributed by atoms with van der Waals surface area (Å²) in [4.78, 5) is 5.81. The first-order chi connectivity index (χ1) is 11.7. The van der Waals surface area contributed by atoms with Gasteiger partial charge in [-0.1, -0.05) is 12.1 Å². The monoisotopic (exact) mass is 373 g/mol. The number of aliphatic hydroxyl groups is 1. The molecule has 2 rings (SSSR count). The fourth-order valence-corrected chi connectivity index (χ4v) is 2.21. The number of hydrogen-bond donors (Lipinski definition) is 2. The highest BCUT2D eigenvalue weighted by atomic mass is 35.5. The minimum atomic E-state index is -4.44. The van der Waals surface area contributed by atoms with Gasteiger partial charge in [-0.3, -0.25) is 0 Å². The van der Waals surface area contributed by atoms with E-state index in [1.165, 1.54) is 4.90 Å². The molecule has 136 valence electrons. The van der Waals surface area contributed by atoms with Crippen molar-refractivity contribution in [3.63, 3.8) is 0 Å². The van der Waals surface area contributed by atoms with Crippen LogP contribution in [-0.2, 0) is 6.18 Å². The quantitative estimate of drug-likeness (QED) is 0.755. The Labute approximate surface area is 149 Å². The van der Waals surface area contributed by atoms with Crippen molar-refractivity contribution in [2.24, 2.45) is 0 Å². The predicted molar refractivity (Wildman–Crippen MR) is 94.2 cm³/mol. The summed E-state index contributed by atoms with van der Waals surface area (Å²) in [5, 5.41) is 12.4. The Kier molecular flexibility index (Phi) is 6.13. The van der Waals surface area contributed by atoms with Gasteiger partial charge in [0.1, 0.15) is 5.82 Å². The third kappa shape index (κ3) is 5.24. The lowest BCUT2D eigenvalue weighted by Gasteiger charge is -2.16. The van der Waals surface area contributed by atoms with Crippen molar-refractivity contribution in [3.05, 3.63) is 42.0 Å². The maximum Gasteiger partial charge on any atom is 0.416 e. The molecule has 4 nitrogen and oxygen atoms in total. The highest BCUT2D eigenvalue weighted by Gasteiger charge is 2.32. The SMILES string of the molecule is CN(C)c1cc(C(F)(F)F)cc(-c2ccc(NCC(O)CCl)cc2)n1. The Morgan fingerprint density at radius 2 is 1.84 bits per heavy atom. The highest BCUT2D eigenvalue weighted by Crippen LogP contribution is 2.34. The fraction of sp³-hybridized carbons (Fsp3) is 0.353. The summed E-state index contributed by atoms with van der Waals surface area (Å²) in [7, 11) is 3.28. The molecule has 0 aliphatic rings. The van der Waals surface area contributed by atoms with E-state index in [0.717, 1.165) is 17.8 Å². The van der Waals surface area contributed by atoms with E-state index in [2.05, 4.69) is 10.3 Å². The molecule has 0 saturated heterocycles. The molecule has 0 fully saturated rings. The minimum absolute atomic E-state index is 0.118. The van der Waals surface area contributed by atoms with Crippen LogP contribution in [0.1, 0.15) is 5.56 Å². The molecule has 2 aromatic rings. The zero-order valence-electron chi connectivity index (χ0n) is 13.8. The predicted octanol–water partition coefficient (Wildman–Crippen LogP) is 3.85. The van der Waals surface area contributed by atoms with Gasteiger partial charge in [0, 0.05) is 31.9 Å². The minimum Gasteiger partial charge on any atom is -0.390 e. The van der Waals surface area contributed by atoms with Gasteiger partial charge < -0.3 is 15.3 Å². The third-order valence-corrected chi connectivity index (χ3v) is 3.85. The first-order valence-electron chi connectivity index (χ1n) is 7.55. The van der Waals surface area contributed by atoms with Gasteiger partial charge in [-0.2, -0.15) is 13.2 Å². The Balaban J connectivity index is 2.29. The molecule has 1 atom stereocenters. The van der Waals surface area contributed by atoms with Gasteiger partial charge in [0.15, 0.2) is 0 Å². The van der Waals surface area contributed by atoms with E-state index < -0.39 is 17.8 Å². The van der Waals surface area contributed by atoms with E-state index in [9.17, 15) is 18.3 Å². The van der Waals surface area contributed by atoms with Crippen LogP contribution >= 0.6 is 11.6 Å². The van der Waals surface area contributed by atoms with Crippen molar-refractivity contribution in [3.8, 4) is 11.3 Å². The summed E-state index contributed by atoms with van der Waals surface area (Å²) >= 11 is 5.52. The van der Waals surface area contributed by atoms with Gasteiger partial charge in [-0.25, -0.2) is 4.98 Å². The Morgan fingerprint density at radius 3 is 2.36 bits per heavy atom. The number of hydrogen-bond acceptors (Lipinski definition) is 4. The van der Waals surface area contributed by atoms with Gasteiger partial charge in [0.25, 0.3) is 0 Å². The van der Waals surface area contributed by atoms with E-state index in [1.54, 1.807) is 38.4 Å². The van der Waals surface area contributed by atoms with Gasteiger partial charge in [-0.05, 0) is 24.3 Å². The van der Waals surface area contributed by atoms with Gasteiger partial charge in [0.2, 0.25) is 0 Å². The average molecular weight is 374 g/mol. The van der Waals surface area contributed by atoms with Gasteiger partial charge in [-0.15, -0.1) is 11.6 Å². The molecule has 1 unspecified atom stereocenters. The Bertz CT molecular complexity index is 705. The number of halogens is 4. The zero-order valence-corrected chi connectivity index (χ0v) is 14.6. The van der Waals surface area contributed by atoms with Crippen LogP contribution in [0, 0.1) is 0 Å². The third-order valence-electron chi connectivity index (χ3n) is 3.50. The number of rotatable bonds is 6. The Hall–Kier alpha value is -1.99. The van der Waals surface area contributed by atoms with Crippen molar-refractivity contribution in [1.82, 2.24) is 4.98 Å². The van der Waals surface area contributed by atoms with Crippen molar-refractivity contribution in [1.29, 1.82) is 0 Å². The maximum atomic E-state index is 13.1. The van der Waals surface area contributed by atoms with Crippen molar-refractivity contribution in [2.45, 2.75) is 12.3 Å². The van der Waals surface area contributed by atoms with Crippen molar-refractivity contribution >= 4 is 23.1 Å². The number of aliphatic hydroxyl groups excluding tert-OH is 1.